The van der Waals surface area contributed by atoms with Crippen molar-refractivity contribution in [2.75, 3.05) is 45.8 Å². The molecular formula is C23H41N3O. The average molecular weight is 376 g/mol. The third-order valence-electron chi connectivity index (χ3n) is 7.81. The monoisotopic (exact) mass is 375 g/mol. The molecule has 4 nitrogen and oxygen atoms in total. The predicted octanol–water partition coefficient (Wildman–Crippen LogP) is 3.76. The fourth-order valence-corrected chi connectivity index (χ4v) is 5.66. The third-order valence-corrected chi connectivity index (χ3v) is 7.81. The van der Waals surface area contributed by atoms with Crippen molar-refractivity contribution in [2.45, 2.75) is 83.6 Å². The maximum Gasteiger partial charge on any atom is 0.228 e. The van der Waals surface area contributed by atoms with Crippen LogP contribution in [-0.2, 0) is 4.79 Å². The van der Waals surface area contributed by atoms with E-state index in [1.54, 1.807) is 0 Å². The molecule has 0 aromatic carbocycles. The summed E-state index contributed by atoms with van der Waals surface area (Å²) in [5.41, 5.74) is -0.0261. The van der Waals surface area contributed by atoms with Gasteiger partial charge in [-0.25, -0.2) is 0 Å². The molecule has 4 heteroatoms. The van der Waals surface area contributed by atoms with Gasteiger partial charge in [0.25, 0.3) is 0 Å². The van der Waals surface area contributed by atoms with Gasteiger partial charge in [0, 0.05) is 37.6 Å². The molecule has 2 aliphatic heterocycles. The highest BCUT2D eigenvalue weighted by Crippen LogP contribution is 2.46. The maximum atomic E-state index is 13.2. The number of piperidine rings is 2. The van der Waals surface area contributed by atoms with E-state index in [0.29, 0.717) is 11.8 Å². The first-order valence-electron chi connectivity index (χ1n) is 11.9. The van der Waals surface area contributed by atoms with E-state index in [2.05, 4.69) is 21.6 Å². The van der Waals surface area contributed by atoms with Crippen molar-refractivity contribution in [1.29, 1.82) is 0 Å². The smallest absolute Gasteiger partial charge is 0.228 e. The van der Waals surface area contributed by atoms with Crippen LogP contribution in [0.1, 0.15) is 77.6 Å². The van der Waals surface area contributed by atoms with E-state index in [1.165, 1.54) is 84.0 Å². The molecule has 2 saturated carbocycles. The lowest BCUT2D eigenvalue weighted by Gasteiger charge is -2.39. The summed E-state index contributed by atoms with van der Waals surface area (Å²) in [6.07, 6.45) is 14.6. The van der Waals surface area contributed by atoms with E-state index < -0.39 is 0 Å². The van der Waals surface area contributed by atoms with Crippen LogP contribution in [0.2, 0.25) is 0 Å². The van der Waals surface area contributed by atoms with Crippen LogP contribution in [0.15, 0.2) is 0 Å². The lowest BCUT2D eigenvalue weighted by atomic mass is 9.95. The highest BCUT2D eigenvalue weighted by atomic mass is 16.2. The van der Waals surface area contributed by atoms with Crippen molar-refractivity contribution in [1.82, 2.24) is 14.7 Å². The molecule has 0 N–H and O–H groups in total. The fraction of sp³-hybridized carbons (Fsp3) is 0.957. The molecule has 2 saturated heterocycles. The summed E-state index contributed by atoms with van der Waals surface area (Å²) < 4.78 is 0. The summed E-state index contributed by atoms with van der Waals surface area (Å²) in [7, 11) is 0. The summed E-state index contributed by atoms with van der Waals surface area (Å²) >= 11 is 0. The molecule has 27 heavy (non-hydrogen) atoms. The number of likely N-dealkylation sites (tertiary alicyclic amines) is 2. The van der Waals surface area contributed by atoms with Crippen molar-refractivity contribution >= 4 is 5.91 Å². The Morgan fingerprint density at radius 2 is 1.70 bits per heavy atom. The first kappa shape index (κ1) is 19.7. The second-order valence-electron chi connectivity index (χ2n) is 10.2. The summed E-state index contributed by atoms with van der Waals surface area (Å²) in [6, 6.07) is 0.839. The minimum Gasteiger partial charge on any atom is -0.341 e. The average Bonchev–Trinajstić information content (AvgIpc) is 3.22. The van der Waals surface area contributed by atoms with Gasteiger partial charge in [-0.15, -0.1) is 0 Å². The largest absolute Gasteiger partial charge is 0.341 e. The molecule has 0 spiro atoms. The lowest BCUT2D eigenvalue weighted by Crippen LogP contribution is -2.49. The third kappa shape index (κ3) is 5.06. The van der Waals surface area contributed by atoms with E-state index in [-0.39, 0.29) is 5.41 Å². The van der Waals surface area contributed by atoms with Gasteiger partial charge in [-0.05, 0) is 76.9 Å². The minimum absolute atomic E-state index is 0.0261. The van der Waals surface area contributed by atoms with E-state index in [9.17, 15) is 4.79 Å². The number of amides is 1. The van der Waals surface area contributed by atoms with Crippen molar-refractivity contribution < 1.29 is 4.79 Å². The van der Waals surface area contributed by atoms with Crippen LogP contribution in [0.25, 0.3) is 0 Å². The Kier molecular flexibility index (Phi) is 6.43. The van der Waals surface area contributed by atoms with Gasteiger partial charge in [0.2, 0.25) is 5.91 Å². The molecule has 4 aliphatic rings. The molecule has 0 bridgehead atoms. The van der Waals surface area contributed by atoms with Crippen molar-refractivity contribution in [3.63, 3.8) is 0 Å². The van der Waals surface area contributed by atoms with Gasteiger partial charge in [0.15, 0.2) is 0 Å². The zero-order valence-corrected chi connectivity index (χ0v) is 17.6. The highest BCUT2D eigenvalue weighted by Gasteiger charge is 2.47. The van der Waals surface area contributed by atoms with Crippen LogP contribution in [-0.4, -0.2) is 72.5 Å². The van der Waals surface area contributed by atoms with E-state index in [1.807, 2.05) is 0 Å². The predicted molar refractivity (Wildman–Crippen MR) is 111 cm³/mol. The lowest BCUT2D eigenvalue weighted by molar-refractivity contribution is -0.137. The van der Waals surface area contributed by atoms with Crippen LogP contribution >= 0.6 is 0 Å². The van der Waals surface area contributed by atoms with Crippen LogP contribution in [0.4, 0.5) is 0 Å². The van der Waals surface area contributed by atoms with Crippen LogP contribution in [0.3, 0.4) is 0 Å². The molecule has 1 atom stereocenters. The zero-order valence-electron chi connectivity index (χ0n) is 17.6. The minimum atomic E-state index is -0.0261. The maximum absolute atomic E-state index is 13.2. The van der Waals surface area contributed by atoms with E-state index in [4.69, 9.17) is 0 Å². The first-order chi connectivity index (χ1) is 13.1. The van der Waals surface area contributed by atoms with Crippen LogP contribution in [0, 0.1) is 11.3 Å². The van der Waals surface area contributed by atoms with Gasteiger partial charge in [-0.3, -0.25) is 4.79 Å². The number of hydrogen-bond donors (Lipinski definition) is 0. The summed E-state index contributed by atoms with van der Waals surface area (Å²) in [4.78, 5) is 20.8. The van der Waals surface area contributed by atoms with Gasteiger partial charge in [0.05, 0.1) is 0 Å². The van der Waals surface area contributed by atoms with E-state index >= 15 is 0 Å². The molecule has 1 amide bonds. The molecular weight excluding hydrogens is 334 g/mol. The second kappa shape index (κ2) is 8.82. The van der Waals surface area contributed by atoms with Crippen LogP contribution < -0.4 is 0 Å². The Bertz CT molecular complexity index is 492. The standard InChI is InChI=1S/C23H41N3O/c1-23(11-12-23)22(27)26(17-16-24-13-5-2-6-14-24)19-20-8-7-15-25(18-20)21-9-3-4-10-21/h20-21H,2-19H2,1H3. The van der Waals surface area contributed by atoms with Crippen molar-refractivity contribution in [3.8, 4) is 0 Å². The fourth-order valence-electron chi connectivity index (χ4n) is 5.66. The zero-order chi connectivity index (χ0) is 18.7. The Hall–Kier alpha value is -0.610. The number of carbonyl (C=O) groups excluding carboxylic acids is 1. The van der Waals surface area contributed by atoms with Crippen molar-refractivity contribution in [2.24, 2.45) is 11.3 Å². The molecule has 4 fully saturated rings. The number of rotatable bonds is 7. The Morgan fingerprint density at radius 1 is 0.963 bits per heavy atom. The number of nitrogens with zero attached hydrogens (tertiary/aromatic N) is 3. The van der Waals surface area contributed by atoms with Gasteiger partial charge in [-0.1, -0.05) is 26.2 Å². The Morgan fingerprint density at radius 3 is 2.41 bits per heavy atom. The molecule has 154 valence electrons. The summed E-state index contributed by atoms with van der Waals surface area (Å²) in [6.45, 7) is 10.2. The van der Waals surface area contributed by atoms with Gasteiger partial charge in [-0.2, -0.15) is 0 Å². The van der Waals surface area contributed by atoms with Gasteiger partial charge < -0.3 is 14.7 Å². The van der Waals surface area contributed by atoms with Crippen LogP contribution in [0.5, 0.6) is 0 Å². The highest BCUT2D eigenvalue weighted by molar-refractivity contribution is 5.84. The first-order valence-corrected chi connectivity index (χ1v) is 11.9. The van der Waals surface area contributed by atoms with Gasteiger partial charge in [0.1, 0.15) is 0 Å². The topological polar surface area (TPSA) is 26.8 Å². The summed E-state index contributed by atoms with van der Waals surface area (Å²) in [5.74, 6) is 1.14. The molecule has 2 aliphatic carbocycles. The molecule has 0 aromatic heterocycles. The van der Waals surface area contributed by atoms with Crippen molar-refractivity contribution in [3.05, 3.63) is 0 Å². The van der Waals surface area contributed by atoms with Gasteiger partial charge >= 0.3 is 0 Å². The van der Waals surface area contributed by atoms with E-state index in [0.717, 1.165) is 38.5 Å². The summed E-state index contributed by atoms with van der Waals surface area (Å²) in [5, 5.41) is 0. The quantitative estimate of drug-likeness (QED) is 0.678. The molecule has 1 unspecified atom stereocenters. The molecule has 4 rings (SSSR count). The molecule has 2 heterocycles. The Balaban J connectivity index is 1.33. The molecule has 0 radical (unpaired) electrons. The second-order valence-corrected chi connectivity index (χ2v) is 10.2. The Labute approximate surface area is 166 Å². The molecule has 0 aromatic rings. The SMILES string of the molecule is CC1(C(=O)N(CCN2CCCCC2)CC2CCCN(C3CCCC3)C2)CC1. The number of hydrogen-bond acceptors (Lipinski definition) is 3. The normalized spacial score (nSPS) is 29.7. The number of carbonyl (C=O) groups is 1.